The fourth-order valence-corrected chi connectivity index (χ4v) is 0.316. The van der Waals surface area contributed by atoms with Gasteiger partial charge in [-0.05, 0) is 6.42 Å². The SMILES string of the molecule is O=C(O)COCCCF. The van der Waals surface area contributed by atoms with Gasteiger partial charge >= 0.3 is 5.97 Å². The lowest BCUT2D eigenvalue weighted by molar-refractivity contribution is -0.142. The summed E-state index contributed by atoms with van der Waals surface area (Å²) < 4.78 is 15.8. The summed E-state index contributed by atoms with van der Waals surface area (Å²) in [5.41, 5.74) is 0. The Kier molecular flexibility index (Phi) is 5.11. The maximum atomic E-state index is 11.3. The lowest BCUT2D eigenvalue weighted by Gasteiger charge is -1.95. The Morgan fingerprint density at radius 2 is 2.33 bits per heavy atom. The molecule has 54 valence electrons. The van der Waals surface area contributed by atoms with Gasteiger partial charge in [-0.15, -0.1) is 0 Å². The molecule has 0 fully saturated rings. The van der Waals surface area contributed by atoms with Crippen LogP contribution in [-0.2, 0) is 9.53 Å². The predicted octanol–water partition coefficient (Wildman–Crippen LogP) is 0.447. The highest BCUT2D eigenvalue weighted by molar-refractivity contribution is 5.67. The minimum absolute atomic E-state index is 0.183. The second-order valence-electron chi connectivity index (χ2n) is 1.49. The molecule has 3 nitrogen and oxygen atoms in total. The van der Waals surface area contributed by atoms with Crippen LogP contribution in [0.4, 0.5) is 4.39 Å². The monoisotopic (exact) mass is 136 g/mol. The van der Waals surface area contributed by atoms with E-state index in [2.05, 4.69) is 4.74 Å². The molecule has 0 unspecified atom stereocenters. The fraction of sp³-hybridized carbons (Fsp3) is 0.800. The largest absolute Gasteiger partial charge is 0.480 e. The van der Waals surface area contributed by atoms with E-state index in [4.69, 9.17) is 5.11 Å². The van der Waals surface area contributed by atoms with Gasteiger partial charge in [-0.25, -0.2) is 4.79 Å². The molecule has 0 saturated carbocycles. The molecule has 0 rings (SSSR count). The molecular formula is C5H9FO3. The molecule has 0 atom stereocenters. The topological polar surface area (TPSA) is 46.5 Å². The van der Waals surface area contributed by atoms with E-state index in [0.717, 1.165) is 0 Å². The van der Waals surface area contributed by atoms with Crippen LogP contribution in [0.3, 0.4) is 0 Å². The Hall–Kier alpha value is -0.640. The molecule has 0 spiro atoms. The summed E-state index contributed by atoms with van der Waals surface area (Å²) in [5.74, 6) is -1.02. The number of carboxylic acid groups (broad SMARTS) is 1. The summed E-state index contributed by atoms with van der Waals surface area (Å²) in [6.45, 7) is -0.609. The summed E-state index contributed by atoms with van der Waals surface area (Å²) in [4.78, 5) is 9.74. The Morgan fingerprint density at radius 3 is 2.78 bits per heavy atom. The van der Waals surface area contributed by atoms with Gasteiger partial charge in [0.15, 0.2) is 0 Å². The molecule has 0 bridgehead atoms. The zero-order chi connectivity index (χ0) is 7.11. The van der Waals surface area contributed by atoms with Gasteiger partial charge in [-0.1, -0.05) is 0 Å². The summed E-state index contributed by atoms with van der Waals surface area (Å²) >= 11 is 0. The normalized spacial score (nSPS) is 9.44. The summed E-state index contributed by atoms with van der Waals surface area (Å²) in [6.07, 6.45) is 0.271. The van der Waals surface area contributed by atoms with Gasteiger partial charge < -0.3 is 9.84 Å². The van der Waals surface area contributed by atoms with E-state index in [-0.39, 0.29) is 19.6 Å². The van der Waals surface area contributed by atoms with Crippen molar-refractivity contribution < 1.29 is 19.0 Å². The first kappa shape index (κ1) is 8.36. The van der Waals surface area contributed by atoms with Crippen molar-refractivity contribution in [3.05, 3.63) is 0 Å². The molecule has 0 aliphatic rings. The van der Waals surface area contributed by atoms with Crippen LogP contribution in [-0.4, -0.2) is 31.0 Å². The zero-order valence-electron chi connectivity index (χ0n) is 4.97. The zero-order valence-corrected chi connectivity index (χ0v) is 4.97. The van der Waals surface area contributed by atoms with Crippen LogP contribution < -0.4 is 0 Å². The van der Waals surface area contributed by atoms with Gasteiger partial charge in [0.05, 0.1) is 6.67 Å². The number of carboxylic acids is 1. The average molecular weight is 136 g/mol. The number of hydrogen-bond donors (Lipinski definition) is 1. The van der Waals surface area contributed by atoms with E-state index < -0.39 is 12.6 Å². The van der Waals surface area contributed by atoms with Gasteiger partial charge in [-0.2, -0.15) is 0 Å². The van der Waals surface area contributed by atoms with Crippen molar-refractivity contribution in [2.24, 2.45) is 0 Å². The molecule has 0 amide bonds. The first-order valence-electron chi connectivity index (χ1n) is 2.63. The number of rotatable bonds is 5. The smallest absolute Gasteiger partial charge is 0.329 e. The first-order valence-corrected chi connectivity index (χ1v) is 2.63. The van der Waals surface area contributed by atoms with Crippen LogP contribution in [0.25, 0.3) is 0 Å². The number of halogens is 1. The molecule has 0 aromatic carbocycles. The number of hydrogen-bond acceptors (Lipinski definition) is 2. The van der Waals surface area contributed by atoms with E-state index in [1.165, 1.54) is 0 Å². The van der Waals surface area contributed by atoms with Gasteiger partial charge in [0.25, 0.3) is 0 Å². The van der Waals surface area contributed by atoms with Crippen molar-refractivity contribution in [1.82, 2.24) is 0 Å². The maximum absolute atomic E-state index is 11.3. The maximum Gasteiger partial charge on any atom is 0.329 e. The number of carbonyl (C=O) groups is 1. The molecule has 0 radical (unpaired) electrons. The number of alkyl halides is 1. The second-order valence-corrected chi connectivity index (χ2v) is 1.49. The van der Waals surface area contributed by atoms with Crippen molar-refractivity contribution in [3.8, 4) is 0 Å². The standard InChI is InChI=1S/C5H9FO3/c6-2-1-3-9-4-5(7)8/h1-4H2,(H,7,8). The number of aliphatic carboxylic acids is 1. The molecular weight excluding hydrogens is 127 g/mol. The summed E-state index contributed by atoms with van der Waals surface area (Å²) in [7, 11) is 0. The van der Waals surface area contributed by atoms with Crippen LogP contribution in [0.15, 0.2) is 0 Å². The fourth-order valence-electron chi connectivity index (χ4n) is 0.316. The minimum atomic E-state index is -1.02. The van der Waals surface area contributed by atoms with Crippen LogP contribution in [0.5, 0.6) is 0 Å². The third kappa shape index (κ3) is 7.36. The molecule has 0 heterocycles. The highest BCUT2D eigenvalue weighted by atomic mass is 19.1. The number of ether oxygens (including phenoxy) is 1. The third-order valence-electron chi connectivity index (χ3n) is 0.648. The molecule has 1 N–H and O–H groups in total. The van der Waals surface area contributed by atoms with Gasteiger partial charge in [0.1, 0.15) is 6.61 Å². The van der Waals surface area contributed by atoms with Gasteiger partial charge in [0, 0.05) is 6.61 Å². The van der Waals surface area contributed by atoms with Gasteiger partial charge in [0.2, 0.25) is 0 Å². The van der Waals surface area contributed by atoms with Crippen LogP contribution >= 0.6 is 0 Å². The summed E-state index contributed by atoms with van der Waals surface area (Å²) in [5, 5.41) is 7.99. The minimum Gasteiger partial charge on any atom is -0.480 e. The molecule has 0 aromatic heterocycles. The van der Waals surface area contributed by atoms with E-state index in [1.807, 2.05) is 0 Å². The molecule has 0 aliphatic carbocycles. The van der Waals surface area contributed by atoms with Crippen molar-refractivity contribution in [3.63, 3.8) is 0 Å². The third-order valence-corrected chi connectivity index (χ3v) is 0.648. The Bertz CT molecular complexity index is 84.3. The average Bonchev–Trinajstić information content (AvgIpc) is 1.80. The van der Waals surface area contributed by atoms with Crippen molar-refractivity contribution in [2.75, 3.05) is 19.9 Å². The lowest BCUT2D eigenvalue weighted by Crippen LogP contribution is -2.07. The van der Waals surface area contributed by atoms with Crippen LogP contribution in [0, 0.1) is 0 Å². The van der Waals surface area contributed by atoms with Crippen LogP contribution in [0.2, 0.25) is 0 Å². The summed E-state index contributed by atoms with van der Waals surface area (Å²) in [6, 6.07) is 0. The van der Waals surface area contributed by atoms with Gasteiger partial charge in [-0.3, -0.25) is 4.39 Å². The second kappa shape index (κ2) is 5.50. The lowest BCUT2D eigenvalue weighted by atomic mass is 10.5. The van der Waals surface area contributed by atoms with Crippen molar-refractivity contribution in [2.45, 2.75) is 6.42 Å². The van der Waals surface area contributed by atoms with Crippen LogP contribution in [0.1, 0.15) is 6.42 Å². The quantitative estimate of drug-likeness (QED) is 0.558. The Labute approximate surface area is 52.4 Å². The first-order chi connectivity index (χ1) is 4.27. The van der Waals surface area contributed by atoms with E-state index in [1.54, 1.807) is 0 Å². The van der Waals surface area contributed by atoms with E-state index >= 15 is 0 Å². The van der Waals surface area contributed by atoms with Crippen molar-refractivity contribution >= 4 is 5.97 Å². The Morgan fingerprint density at radius 1 is 1.67 bits per heavy atom. The van der Waals surface area contributed by atoms with Crippen molar-refractivity contribution in [1.29, 1.82) is 0 Å². The van der Waals surface area contributed by atoms with E-state index in [9.17, 15) is 9.18 Å². The molecule has 0 aliphatic heterocycles. The predicted molar refractivity (Wildman–Crippen MR) is 29.0 cm³/mol. The molecule has 9 heavy (non-hydrogen) atoms. The highest BCUT2D eigenvalue weighted by Gasteiger charge is 1.93. The Balaban J connectivity index is 2.83. The highest BCUT2D eigenvalue weighted by Crippen LogP contribution is 1.82. The molecule has 0 saturated heterocycles. The molecule has 0 aromatic rings. The van der Waals surface area contributed by atoms with E-state index in [0.29, 0.717) is 0 Å². The molecule has 4 heteroatoms.